The topological polar surface area (TPSA) is 54.4 Å². The van der Waals surface area contributed by atoms with Crippen molar-refractivity contribution in [1.29, 1.82) is 0 Å². The van der Waals surface area contributed by atoms with Gasteiger partial charge in [-0.3, -0.25) is 9.79 Å². The molecule has 1 aromatic carbocycles. The molecule has 0 saturated carbocycles. The van der Waals surface area contributed by atoms with E-state index in [-0.39, 0.29) is 11.9 Å². The molecule has 0 bridgehead atoms. The lowest BCUT2D eigenvalue weighted by Crippen LogP contribution is -2.33. The molecule has 0 fully saturated rings. The quantitative estimate of drug-likeness (QED) is 0.943. The van der Waals surface area contributed by atoms with Crippen molar-refractivity contribution in [3.05, 3.63) is 52.4 Å². The first kappa shape index (κ1) is 14.7. The number of nitrogens with one attached hydrogen (secondary N) is 1. The number of nitrogens with zero attached hydrogens (tertiary/aromatic N) is 2. The van der Waals surface area contributed by atoms with Crippen LogP contribution in [0.5, 0.6) is 0 Å². The molecule has 1 amide bonds. The van der Waals surface area contributed by atoms with Crippen LogP contribution in [0.1, 0.15) is 18.9 Å². The number of hydrogen-bond donors (Lipinski definition) is 1. The molecule has 2 heterocycles. The lowest BCUT2D eigenvalue weighted by Gasteiger charge is -2.09. The van der Waals surface area contributed by atoms with Gasteiger partial charge >= 0.3 is 0 Å². The lowest BCUT2D eigenvalue weighted by molar-refractivity contribution is -0.117. The summed E-state index contributed by atoms with van der Waals surface area (Å²) in [5, 5.41) is 5.71. The Morgan fingerprint density at radius 3 is 2.77 bits per heavy atom. The zero-order chi connectivity index (χ0) is 15.5. The number of amides is 1. The Morgan fingerprint density at radius 2 is 2.05 bits per heavy atom. The SMILES string of the molecule is CC(C)NC(=O)C1=CCN=C1c1nc(-c2ccccc2)cs1. The van der Waals surface area contributed by atoms with Crippen molar-refractivity contribution in [3.63, 3.8) is 0 Å². The minimum absolute atomic E-state index is 0.0808. The molecular weight excluding hydrogens is 294 g/mol. The fourth-order valence-corrected chi connectivity index (χ4v) is 3.11. The molecule has 1 aromatic heterocycles. The third kappa shape index (κ3) is 2.99. The van der Waals surface area contributed by atoms with Gasteiger partial charge in [-0.2, -0.15) is 0 Å². The summed E-state index contributed by atoms with van der Waals surface area (Å²) in [7, 11) is 0. The smallest absolute Gasteiger partial charge is 0.253 e. The van der Waals surface area contributed by atoms with Gasteiger partial charge in [0.05, 0.1) is 17.8 Å². The number of thiazole rings is 1. The minimum Gasteiger partial charge on any atom is -0.350 e. The fourth-order valence-electron chi connectivity index (χ4n) is 2.26. The highest BCUT2D eigenvalue weighted by Crippen LogP contribution is 2.25. The average Bonchev–Trinajstić information content (AvgIpc) is 3.16. The summed E-state index contributed by atoms with van der Waals surface area (Å²) in [6.07, 6.45) is 1.86. The summed E-state index contributed by atoms with van der Waals surface area (Å²) in [5.74, 6) is -0.0808. The summed E-state index contributed by atoms with van der Waals surface area (Å²) < 4.78 is 0. The maximum absolute atomic E-state index is 12.2. The third-order valence-electron chi connectivity index (χ3n) is 3.24. The first-order chi connectivity index (χ1) is 10.6. The molecule has 0 saturated heterocycles. The van der Waals surface area contributed by atoms with Crippen LogP contribution in [0.4, 0.5) is 0 Å². The lowest BCUT2D eigenvalue weighted by atomic mass is 10.1. The summed E-state index contributed by atoms with van der Waals surface area (Å²) in [4.78, 5) is 21.3. The Kier molecular flexibility index (Phi) is 4.15. The molecule has 0 unspecified atom stereocenters. The van der Waals surface area contributed by atoms with Gasteiger partial charge in [-0.25, -0.2) is 4.98 Å². The molecule has 22 heavy (non-hydrogen) atoms. The molecule has 0 atom stereocenters. The van der Waals surface area contributed by atoms with Gasteiger partial charge in [0, 0.05) is 17.0 Å². The first-order valence-corrected chi connectivity index (χ1v) is 8.10. The van der Waals surface area contributed by atoms with Gasteiger partial charge in [-0.1, -0.05) is 30.3 Å². The molecule has 1 aliphatic heterocycles. The maximum atomic E-state index is 12.2. The molecule has 1 aliphatic rings. The van der Waals surface area contributed by atoms with E-state index in [1.54, 1.807) is 0 Å². The predicted octanol–water partition coefficient (Wildman–Crippen LogP) is 3.06. The molecule has 3 rings (SSSR count). The number of carbonyl (C=O) groups excluding carboxylic acids is 1. The van der Waals surface area contributed by atoms with Crippen LogP contribution in [0.25, 0.3) is 11.3 Å². The van der Waals surface area contributed by atoms with Crippen LogP contribution < -0.4 is 5.32 Å². The summed E-state index contributed by atoms with van der Waals surface area (Å²) in [6, 6.07) is 10.1. The van der Waals surface area contributed by atoms with Crippen molar-refractivity contribution < 1.29 is 4.79 Å². The van der Waals surface area contributed by atoms with E-state index in [0.29, 0.717) is 17.8 Å². The Morgan fingerprint density at radius 1 is 1.27 bits per heavy atom. The number of aliphatic imine (C=N–C) groups is 1. The van der Waals surface area contributed by atoms with Gasteiger partial charge in [0.15, 0.2) is 0 Å². The highest BCUT2D eigenvalue weighted by molar-refractivity contribution is 7.12. The standard InChI is InChI=1S/C17H17N3OS/c1-11(2)19-16(21)13-8-9-18-15(13)17-20-14(10-22-17)12-6-4-3-5-7-12/h3-8,10-11H,9H2,1-2H3,(H,19,21). The summed E-state index contributed by atoms with van der Waals surface area (Å²) >= 11 is 1.52. The monoisotopic (exact) mass is 311 g/mol. The van der Waals surface area contributed by atoms with Crippen LogP contribution in [0, 0.1) is 0 Å². The van der Waals surface area contributed by atoms with E-state index in [0.717, 1.165) is 16.3 Å². The van der Waals surface area contributed by atoms with E-state index < -0.39 is 0 Å². The molecular formula is C17H17N3OS. The Labute approximate surface area is 133 Å². The number of aromatic nitrogens is 1. The second-order valence-electron chi connectivity index (χ2n) is 5.34. The second-order valence-corrected chi connectivity index (χ2v) is 6.20. The number of carbonyl (C=O) groups is 1. The highest BCUT2D eigenvalue weighted by Gasteiger charge is 2.23. The van der Waals surface area contributed by atoms with E-state index in [4.69, 9.17) is 0 Å². The van der Waals surface area contributed by atoms with Crippen molar-refractivity contribution in [1.82, 2.24) is 10.3 Å². The van der Waals surface area contributed by atoms with Crippen LogP contribution >= 0.6 is 11.3 Å². The fraction of sp³-hybridized carbons (Fsp3) is 0.235. The van der Waals surface area contributed by atoms with Crippen LogP contribution in [-0.2, 0) is 4.79 Å². The van der Waals surface area contributed by atoms with E-state index in [1.165, 1.54) is 11.3 Å². The number of rotatable bonds is 4. The third-order valence-corrected chi connectivity index (χ3v) is 4.09. The van der Waals surface area contributed by atoms with Crippen LogP contribution in [0.3, 0.4) is 0 Å². The average molecular weight is 311 g/mol. The maximum Gasteiger partial charge on any atom is 0.253 e. The van der Waals surface area contributed by atoms with E-state index in [2.05, 4.69) is 15.3 Å². The predicted molar refractivity (Wildman–Crippen MR) is 90.3 cm³/mol. The number of hydrogen-bond acceptors (Lipinski definition) is 4. The van der Waals surface area contributed by atoms with Crippen LogP contribution in [0.15, 0.2) is 52.4 Å². The zero-order valence-electron chi connectivity index (χ0n) is 12.5. The summed E-state index contributed by atoms with van der Waals surface area (Å²) in [6.45, 7) is 4.43. The molecule has 1 N–H and O–H groups in total. The molecule has 0 radical (unpaired) electrons. The van der Waals surface area contributed by atoms with E-state index >= 15 is 0 Å². The van der Waals surface area contributed by atoms with Crippen molar-refractivity contribution in [2.75, 3.05) is 6.54 Å². The minimum atomic E-state index is -0.0808. The Balaban J connectivity index is 1.85. The molecule has 4 nitrogen and oxygen atoms in total. The van der Waals surface area contributed by atoms with Gasteiger partial charge in [0.1, 0.15) is 10.7 Å². The van der Waals surface area contributed by atoms with Gasteiger partial charge in [-0.05, 0) is 19.9 Å². The van der Waals surface area contributed by atoms with Gasteiger partial charge in [0.2, 0.25) is 0 Å². The van der Waals surface area contributed by atoms with Crippen molar-refractivity contribution in [2.45, 2.75) is 19.9 Å². The van der Waals surface area contributed by atoms with Gasteiger partial charge < -0.3 is 5.32 Å². The second kappa shape index (κ2) is 6.23. The van der Waals surface area contributed by atoms with Gasteiger partial charge in [-0.15, -0.1) is 11.3 Å². The Bertz CT molecular complexity index is 744. The molecule has 112 valence electrons. The first-order valence-electron chi connectivity index (χ1n) is 7.22. The zero-order valence-corrected chi connectivity index (χ0v) is 13.4. The van der Waals surface area contributed by atoms with Crippen molar-refractivity contribution >= 4 is 23.0 Å². The van der Waals surface area contributed by atoms with Crippen LogP contribution in [0.2, 0.25) is 0 Å². The van der Waals surface area contributed by atoms with Gasteiger partial charge in [0.25, 0.3) is 5.91 Å². The van der Waals surface area contributed by atoms with Crippen LogP contribution in [-0.4, -0.2) is 29.2 Å². The Hall–Kier alpha value is -2.27. The summed E-state index contributed by atoms with van der Waals surface area (Å²) in [5.41, 5.74) is 3.31. The largest absolute Gasteiger partial charge is 0.350 e. The van der Waals surface area contributed by atoms with Crippen molar-refractivity contribution in [3.8, 4) is 11.3 Å². The van der Waals surface area contributed by atoms with Crippen molar-refractivity contribution in [2.24, 2.45) is 4.99 Å². The normalized spacial score (nSPS) is 14.0. The molecule has 0 aliphatic carbocycles. The molecule has 2 aromatic rings. The van der Waals surface area contributed by atoms with E-state index in [9.17, 15) is 4.79 Å². The highest BCUT2D eigenvalue weighted by atomic mass is 32.1. The number of benzene rings is 1. The van der Waals surface area contributed by atoms with E-state index in [1.807, 2.05) is 55.6 Å². The molecule has 5 heteroatoms. The molecule has 0 spiro atoms.